The maximum absolute atomic E-state index is 10.1. The van der Waals surface area contributed by atoms with Gasteiger partial charge < -0.3 is 29.7 Å². The molecule has 0 N–H and O–H groups in total. The van der Waals surface area contributed by atoms with Gasteiger partial charge in [0.15, 0.2) is 0 Å². The average molecular weight is 777 g/mol. The van der Waals surface area contributed by atoms with Gasteiger partial charge in [-0.2, -0.15) is 0 Å². The zero-order valence-corrected chi connectivity index (χ0v) is 38.0. The Balaban J connectivity index is -0.000000275. The summed E-state index contributed by atoms with van der Waals surface area (Å²) < 4.78 is 1.55. The van der Waals surface area contributed by atoms with Crippen molar-refractivity contribution in [2.24, 2.45) is 0 Å². The number of carbonyl (C=O) groups excluding carboxylic acids is 3. The van der Waals surface area contributed by atoms with E-state index >= 15 is 0 Å². The van der Waals surface area contributed by atoms with Crippen molar-refractivity contribution in [1.82, 2.24) is 0 Å². The predicted octanol–water partition coefficient (Wildman–Crippen LogP) is 8.54. The molecule has 0 spiro atoms. The van der Waals surface area contributed by atoms with Gasteiger partial charge in [0.25, 0.3) is 0 Å². The Morgan fingerprint density at radius 2 is 0.489 bits per heavy atom. The molecule has 0 atom stereocenters. The molecule has 6 nitrogen and oxygen atoms in total. The fourth-order valence-electron chi connectivity index (χ4n) is 5.09. The van der Waals surface area contributed by atoms with Gasteiger partial charge in [-0.1, -0.05) is 175 Å². The van der Waals surface area contributed by atoms with Crippen LogP contribution in [0, 0.1) is 0 Å². The van der Waals surface area contributed by atoms with Gasteiger partial charge in [-0.05, 0) is 38.5 Å². The third-order valence-corrected chi connectivity index (χ3v) is 10.2. The summed E-state index contributed by atoms with van der Waals surface area (Å²) in [6, 6.07) is 0. The van der Waals surface area contributed by atoms with Crippen molar-refractivity contribution in [3.05, 3.63) is 0 Å². The molecule has 47 heavy (non-hydrogen) atoms. The van der Waals surface area contributed by atoms with Gasteiger partial charge in [-0.25, -0.2) is 0 Å². The number of hydrogen-bond acceptors (Lipinski definition) is 6. The Labute approximate surface area is 306 Å². The van der Waals surface area contributed by atoms with Gasteiger partial charge in [0.1, 0.15) is 0 Å². The van der Waals surface area contributed by atoms with E-state index in [4.69, 9.17) is 0 Å². The van der Waals surface area contributed by atoms with Crippen molar-refractivity contribution < 1.29 is 29.7 Å². The van der Waals surface area contributed by atoms with Crippen LogP contribution in [0.3, 0.4) is 0 Å². The first-order valence-electron chi connectivity index (χ1n) is 20.3. The monoisotopic (exact) mass is 778 g/mol. The zero-order valence-electron chi connectivity index (χ0n) is 32.3. The Hall–Kier alpha value is -0.791. The molecular weight excluding hydrogens is 695 g/mol. The summed E-state index contributed by atoms with van der Waals surface area (Å²) in [5, 5.41) is 30.3. The molecule has 0 aromatic rings. The van der Waals surface area contributed by atoms with Gasteiger partial charge in [0.05, 0.1) is 0 Å². The molecule has 0 aliphatic carbocycles. The third kappa shape index (κ3) is 72.1. The van der Waals surface area contributed by atoms with Crippen molar-refractivity contribution in [3.8, 4) is 0 Å². The van der Waals surface area contributed by atoms with Crippen LogP contribution < -0.4 is 15.3 Å². The van der Waals surface area contributed by atoms with Crippen molar-refractivity contribution in [2.75, 3.05) is 0 Å². The summed E-state index contributed by atoms with van der Waals surface area (Å²) in [6.07, 6.45) is 36.4. The summed E-state index contributed by atoms with van der Waals surface area (Å²) >= 11 is 0.982. The molecule has 0 aromatic heterocycles. The fourth-order valence-corrected chi connectivity index (χ4v) is 7.11. The molecule has 0 bridgehead atoms. The number of unbranched alkanes of at least 4 members (excludes halogenated alkanes) is 25. The summed E-state index contributed by atoms with van der Waals surface area (Å²) in [6.45, 7) is 8.91. The zero-order chi connectivity index (χ0) is 36.1. The predicted molar refractivity (Wildman–Crippen MR) is 200 cm³/mol. The molecule has 0 unspecified atom stereocenters. The number of carboxylic acid groups (broad SMARTS) is 3. The first-order valence-corrected chi connectivity index (χ1v) is 24.4. The molecule has 7 heteroatoms. The topological polar surface area (TPSA) is 120 Å². The summed E-state index contributed by atoms with van der Waals surface area (Å²) in [5.74, 6) is -2.73. The molecule has 0 fully saturated rings. The Morgan fingerprint density at radius 1 is 0.319 bits per heavy atom. The molecule has 0 amide bonds. The van der Waals surface area contributed by atoms with E-state index in [9.17, 15) is 29.7 Å². The van der Waals surface area contributed by atoms with Crippen LogP contribution in [0.2, 0.25) is 4.44 Å². The molecule has 0 aliphatic rings. The van der Waals surface area contributed by atoms with Crippen molar-refractivity contribution in [3.63, 3.8) is 0 Å². The van der Waals surface area contributed by atoms with E-state index in [1.165, 1.54) is 148 Å². The molecule has 0 radical (unpaired) electrons. The van der Waals surface area contributed by atoms with Gasteiger partial charge in [0, 0.05) is 17.9 Å². The van der Waals surface area contributed by atoms with Crippen LogP contribution in [0.5, 0.6) is 0 Å². The van der Waals surface area contributed by atoms with Crippen molar-refractivity contribution >= 4 is 40.4 Å². The second-order valence-electron chi connectivity index (χ2n) is 13.2. The minimum atomic E-state index is -0.909. The van der Waals surface area contributed by atoms with Crippen LogP contribution >= 0.6 is 0 Å². The molecule has 0 heterocycles. The van der Waals surface area contributed by atoms with E-state index in [-0.39, 0.29) is 19.3 Å². The van der Waals surface area contributed by atoms with Gasteiger partial charge in [-0.15, -0.1) is 0 Å². The van der Waals surface area contributed by atoms with Gasteiger partial charge >= 0.3 is 46.7 Å². The summed E-state index contributed by atoms with van der Waals surface area (Å²) in [4.78, 5) is 30.3. The van der Waals surface area contributed by atoms with E-state index in [0.717, 1.165) is 61.0 Å². The Bertz CT molecular complexity index is 521. The molecule has 0 aliphatic heterocycles. The second kappa shape index (κ2) is 52.0. The van der Waals surface area contributed by atoms with Crippen molar-refractivity contribution in [1.29, 1.82) is 0 Å². The van der Waals surface area contributed by atoms with E-state index < -0.39 is 17.9 Å². The SMILES string of the molecule is CCCCCCCCCCCC(=O)[O-].CCCCCCCCCCCC(=O)[O-].CCCCCCCCCCCC(=O)[O-].CCC[CH2][SnH3]. The average Bonchev–Trinajstić information content (AvgIpc) is 3.03. The van der Waals surface area contributed by atoms with Crippen molar-refractivity contribution in [2.45, 2.75) is 238 Å². The minimum absolute atomic E-state index is 0.232. The van der Waals surface area contributed by atoms with Crippen LogP contribution in [0.15, 0.2) is 0 Å². The number of rotatable bonds is 32. The van der Waals surface area contributed by atoms with Gasteiger partial charge in [-0.3, -0.25) is 0 Å². The fraction of sp³-hybridized carbons (Fsp3) is 0.925. The van der Waals surface area contributed by atoms with E-state index in [0.29, 0.717) is 0 Å². The summed E-state index contributed by atoms with van der Waals surface area (Å²) in [5.41, 5.74) is 0. The molecule has 0 rings (SSSR count). The summed E-state index contributed by atoms with van der Waals surface area (Å²) in [7, 11) is 0. The number of carboxylic acids is 3. The first-order chi connectivity index (χ1) is 22.7. The van der Waals surface area contributed by atoms with Crippen LogP contribution in [0.4, 0.5) is 0 Å². The normalized spacial score (nSPS) is 10.2. The molecule has 0 aromatic carbocycles. The first kappa shape index (κ1) is 53.0. The molecule has 0 saturated heterocycles. The van der Waals surface area contributed by atoms with E-state index in [1.54, 1.807) is 4.44 Å². The number of aliphatic carboxylic acids is 3. The van der Waals surface area contributed by atoms with Crippen LogP contribution in [-0.4, -0.2) is 40.4 Å². The number of hydrogen-bond donors (Lipinski definition) is 0. The molecular formula is C40H81O6Sn-3. The van der Waals surface area contributed by atoms with E-state index in [2.05, 4.69) is 27.7 Å². The Kier molecular flexibility index (Phi) is 58.7. The maximum atomic E-state index is 10.1. The van der Waals surface area contributed by atoms with Crippen LogP contribution in [0.25, 0.3) is 0 Å². The second-order valence-corrected chi connectivity index (χ2v) is 16.1. The number of carbonyl (C=O) groups is 3. The molecule has 0 saturated carbocycles. The van der Waals surface area contributed by atoms with Crippen LogP contribution in [-0.2, 0) is 14.4 Å². The standard InChI is InChI=1S/3C12H24O2.C4H9.Sn.3H/c3*1-2-3-4-5-6-7-8-9-10-11-12(13)14;1-3-4-2;;;;/h3*2-11H2,1H3,(H,13,14);1,3-4H2,2H3;;;;/p-3. The quantitative estimate of drug-likeness (QED) is 0.0499. The van der Waals surface area contributed by atoms with Crippen LogP contribution in [0.1, 0.15) is 233 Å². The van der Waals surface area contributed by atoms with E-state index in [1.807, 2.05) is 0 Å². The third-order valence-electron chi connectivity index (χ3n) is 8.16. The Morgan fingerprint density at radius 3 is 0.617 bits per heavy atom. The molecule has 284 valence electrons. The van der Waals surface area contributed by atoms with Gasteiger partial charge in [0.2, 0.25) is 0 Å².